The Labute approximate surface area is 81.5 Å². The Kier molecular flexibility index (Phi) is 2.97. The molecule has 0 spiro atoms. The monoisotopic (exact) mass is 180 g/mol. The van der Waals surface area contributed by atoms with E-state index in [9.17, 15) is 0 Å². The quantitative estimate of drug-likeness (QED) is 0.477. The fourth-order valence-electron chi connectivity index (χ4n) is 2.17. The van der Waals surface area contributed by atoms with Crippen molar-refractivity contribution in [3.63, 3.8) is 0 Å². The molecule has 0 saturated carbocycles. The Balaban J connectivity index is 2.85. The van der Waals surface area contributed by atoms with Gasteiger partial charge in [-0.2, -0.15) is 0 Å². The van der Waals surface area contributed by atoms with E-state index in [4.69, 9.17) is 4.74 Å². The molecule has 0 radical (unpaired) electrons. The van der Waals surface area contributed by atoms with Crippen molar-refractivity contribution in [3.05, 3.63) is 24.3 Å². The van der Waals surface area contributed by atoms with E-state index in [0.29, 0.717) is 0 Å². The van der Waals surface area contributed by atoms with Crippen LogP contribution in [-0.2, 0) is 4.74 Å². The number of ether oxygens (including phenoxy) is 1. The van der Waals surface area contributed by atoms with Crippen molar-refractivity contribution in [2.75, 3.05) is 0 Å². The molecular weight excluding hydrogens is 160 g/mol. The highest BCUT2D eigenvalue weighted by atomic mass is 16.6. The van der Waals surface area contributed by atoms with Gasteiger partial charge in [0.2, 0.25) is 0 Å². The maximum Gasteiger partial charge on any atom is 0.120 e. The van der Waals surface area contributed by atoms with Crippen molar-refractivity contribution < 1.29 is 4.74 Å². The maximum atomic E-state index is 5.90. The summed E-state index contributed by atoms with van der Waals surface area (Å²) in [6.07, 6.45) is 10.7. The Morgan fingerprint density at radius 3 is 1.54 bits per heavy atom. The predicted octanol–water partition coefficient (Wildman–Crippen LogP) is 3.47. The number of epoxide rings is 1. The van der Waals surface area contributed by atoms with Crippen LogP contribution < -0.4 is 0 Å². The first-order valence-electron chi connectivity index (χ1n) is 5.18. The van der Waals surface area contributed by atoms with Crippen LogP contribution in [0.2, 0.25) is 0 Å². The first-order valence-corrected chi connectivity index (χ1v) is 5.18. The van der Waals surface area contributed by atoms with Crippen LogP contribution in [0.4, 0.5) is 0 Å². The SMILES string of the molecule is C/C=C/C1(CC)OC1(/C=C/C)CC. The summed E-state index contributed by atoms with van der Waals surface area (Å²) >= 11 is 0. The number of allylic oxidation sites excluding steroid dienone is 2. The Hall–Kier alpha value is -0.560. The molecule has 0 aromatic carbocycles. The highest BCUT2D eigenvalue weighted by Crippen LogP contribution is 2.54. The summed E-state index contributed by atoms with van der Waals surface area (Å²) in [5, 5.41) is 0. The molecule has 0 aromatic heterocycles. The molecule has 2 unspecified atom stereocenters. The Morgan fingerprint density at radius 1 is 0.923 bits per heavy atom. The van der Waals surface area contributed by atoms with Gasteiger partial charge in [-0.05, 0) is 26.7 Å². The zero-order valence-electron chi connectivity index (χ0n) is 9.13. The third-order valence-corrected chi connectivity index (χ3v) is 2.96. The second-order valence-electron chi connectivity index (χ2n) is 3.59. The van der Waals surface area contributed by atoms with Gasteiger partial charge in [-0.3, -0.25) is 0 Å². The standard InChI is InChI=1S/C12H20O/c1-5-9-11(7-3)12(8-4,13-11)10-6-2/h5-6,9-10H,7-8H2,1-4H3/b9-5+,10-6+. The van der Waals surface area contributed by atoms with E-state index in [1.807, 2.05) is 0 Å². The van der Waals surface area contributed by atoms with Crippen LogP contribution in [0.5, 0.6) is 0 Å². The van der Waals surface area contributed by atoms with Crippen LogP contribution >= 0.6 is 0 Å². The van der Waals surface area contributed by atoms with E-state index in [2.05, 4.69) is 52.0 Å². The van der Waals surface area contributed by atoms with Gasteiger partial charge in [0.15, 0.2) is 0 Å². The summed E-state index contributed by atoms with van der Waals surface area (Å²) in [5.74, 6) is 0. The van der Waals surface area contributed by atoms with Crippen LogP contribution in [-0.4, -0.2) is 11.2 Å². The van der Waals surface area contributed by atoms with Gasteiger partial charge in [-0.25, -0.2) is 0 Å². The smallest absolute Gasteiger partial charge is 0.120 e. The Bertz CT molecular complexity index is 205. The lowest BCUT2D eigenvalue weighted by Gasteiger charge is -2.09. The average molecular weight is 180 g/mol. The molecule has 1 heterocycles. The summed E-state index contributed by atoms with van der Waals surface area (Å²) in [5.41, 5.74) is -0.0218. The van der Waals surface area contributed by atoms with Crippen LogP contribution in [0.3, 0.4) is 0 Å². The molecule has 1 fully saturated rings. The van der Waals surface area contributed by atoms with Crippen molar-refractivity contribution in [1.82, 2.24) is 0 Å². The molecule has 1 nitrogen and oxygen atoms in total. The molecule has 1 heteroatoms. The minimum Gasteiger partial charge on any atom is -0.354 e. The number of rotatable bonds is 4. The zero-order chi connectivity index (χ0) is 9.95. The highest BCUT2D eigenvalue weighted by Gasteiger charge is 2.64. The second kappa shape index (κ2) is 3.67. The topological polar surface area (TPSA) is 12.5 Å². The van der Waals surface area contributed by atoms with E-state index in [-0.39, 0.29) is 11.2 Å². The van der Waals surface area contributed by atoms with Gasteiger partial charge in [-0.1, -0.05) is 38.2 Å². The average Bonchev–Trinajstić information content (AvgIpc) is 2.77. The molecule has 13 heavy (non-hydrogen) atoms. The van der Waals surface area contributed by atoms with Gasteiger partial charge < -0.3 is 4.74 Å². The van der Waals surface area contributed by atoms with Crippen molar-refractivity contribution in [2.45, 2.75) is 51.7 Å². The predicted molar refractivity (Wildman–Crippen MR) is 56.8 cm³/mol. The summed E-state index contributed by atoms with van der Waals surface area (Å²) in [6, 6.07) is 0. The highest BCUT2D eigenvalue weighted by molar-refractivity contribution is 5.31. The van der Waals surface area contributed by atoms with Crippen molar-refractivity contribution >= 4 is 0 Å². The Morgan fingerprint density at radius 2 is 1.31 bits per heavy atom. The molecule has 1 rings (SSSR count). The van der Waals surface area contributed by atoms with E-state index >= 15 is 0 Å². The summed E-state index contributed by atoms with van der Waals surface area (Å²) < 4.78 is 5.90. The molecule has 1 saturated heterocycles. The van der Waals surface area contributed by atoms with Gasteiger partial charge in [0.25, 0.3) is 0 Å². The molecule has 2 atom stereocenters. The van der Waals surface area contributed by atoms with Gasteiger partial charge in [-0.15, -0.1) is 0 Å². The summed E-state index contributed by atoms with van der Waals surface area (Å²) in [6.45, 7) is 8.46. The molecule has 0 amide bonds. The van der Waals surface area contributed by atoms with Gasteiger partial charge in [0, 0.05) is 0 Å². The molecule has 1 aliphatic heterocycles. The van der Waals surface area contributed by atoms with E-state index < -0.39 is 0 Å². The third-order valence-electron chi connectivity index (χ3n) is 2.96. The first-order chi connectivity index (χ1) is 6.20. The lowest BCUT2D eigenvalue weighted by atomic mass is 9.87. The maximum absolute atomic E-state index is 5.90. The molecule has 0 bridgehead atoms. The minimum absolute atomic E-state index is 0.0109. The van der Waals surface area contributed by atoms with Crippen molar-refractivity contribution in [1.29, 1.82) is 0 Å². The first kappa shape index (κ1) is 10.5. The molecule has 74 valence electrons. The molecular formula is C12H20O. The normalized spacial score (nSPS) is 39.1. The van der Waals surface area contributed by atoms with Crippen molar-refractivity contribution in [2.24, 2.45) is 0 Å². The molecule has 1 aliphatic rings. The summed E-state index contributed by atoms with van der Waals surface area (Å²) in [4.78, 5) is 0. The van der Waals surface area contributed by atoms with Gasteiger partial charge >= 0.3 is 0 Å². The van der Waals surface area contributed by atoms with Crippen LogP contribution in [0.25, 0.3) is 0 Å². The fourth-order valence-corrected chi connectivity index (χ4v) is 2.17. The van der Waals surface area contributed by atoms with Crippen LogP contribution in [0, 0.1) is 0 Å². The third kappa shape index (κ3) is 1.46. The zero-order valence-corrected chi connectivity index (χ0v) is 9.13. The van der Waals surface area contributed by atoms with E-state index in [1.54, 1.807) is 0 Å². The molecule has 0 aromatic rings. The molecule has 0 N–H and O–H groups in total. The fraction of sp³-hybridized carbons (Fsp3) is 0.667. The number of hydrogen-bond acceptors (Lipinski definition) is 1. The second-order valence-corrected chi connectivity index (χ2v) is 3.59. The molecule has 0 aliphatic carbocycles. The minimum atomic E-state index is -0.0109. The summed E-state index contributed by atoms with van der Waals surface area (Å²) in [7, 11) is 0. The number of hydrogen-bond donors (Lipinski definition) is 0. The van der Waals surface area contributed by atoms with Gasteiger partial charge in [0.05, 0.1) is 0 Å². The van der Waals surface area contributed by atoms with Crippen LogP contribution in [0.15, 0.2) is 24.3 Å². The lowest BCUT2D eigenvalue weighted by molar-refractivity contribution is 0.297. The van der Waals surface area contributed by atoms with E-state index in [1.165, 1.54) is 0 Å². The lowest BCUT2D eigenvalue weighted by Crippen LogP contribution is -2.20. The largest absolute Gasteiger partial charge is 0.354 e. The van der Waals surface area contributed by atoms with E-state index in [0.717, 1.165) is 12.8 Å². The van der Waals surface area contributed by atoms with Gasteiger partial charge in [0.1, 0.15) is 11.2 Å². The van der Waals surface area contributed by atoms with Crippen molar-refractivity contribution in [3.8, 4) is 0 Å². The van der Waals surface area contributed by atoms with Crippen LogP contribution in [0.1, 0.15) is 40.5 Å².